The SMILES string of the molecule is Cc1ccc([PH](I)(C[C@@H](N)Cc2ccccc2C[C@H]2N[C@H](C[PH](I)(c3ccc(C)cc3)c3ccc(C)cc3)Cc3ccccc32)c2ccc(C)cc2)cc1. The summed E-state index contributed by atoms with van der Waals surface area (Å²) < 4.78 is 0. The topological polar surface area (TPSA) is 38.0 Å². The van der Waals surface area contributed by atoms with Gasteiger partial charge in [0, 0.05) is 0 Å². The van der Waals surface area contributed by atoms with E-state index in [1.54, 1.807) is 0 Å². The second-order valence-corrected chi connectivity index (χ2v) is 33.1. The van der Waals surface area contributed by atoms with Crippen molar-refractivity contribution >= 4 is 75.1 Å². The maximum atomic E-state index is 7.24. The number of nitrogens with two attached hydrogens (primary N) is 1. The fourth-order valence-corrected chi connectivity index (χ4v) is 22.2. The molecular weight excluding hydrogens is 920 g/mol. The third kappa shape index (κ3) is 9.06. The van der Waals surface area contributed by atoms with Crippen LogP contribution in [0.15, 0.2) is 146 Å². The predicted octanol–water partition coefficient (Wildman–Crippen LogP) is 10.1. The summed E-state index contributed by atoms with van der Waals surface area (Å²) in [5.74, 6) is 0. The molecule has 1 aliphatic rings. The molecule has 0 aromatic heterocycles. The van der Waals surface area contributed by atoms with Gasteiger partial charge in [0.2, 0.25) is 0 Å². The first-order valence-corrected chi connectivity index (χ1v) is 30.0. The quantitative estimate of drug-likeness (QED) is 0.0948. The van der Waals surface area contributed by atoms with Crippen LogP contribution in [0.4, 0.5) is 0 Å². The fourth-order valence-electron chi connectivity index (χ4n) is 8.37. The Kier molecular flexibility index (Phi) is 12.8. The molecule has 0 unspecified atom stereocenters. The second-order valence-electron chi connectivity index (χ2n) is 15.7. The van der Waals surface area contributed by atoms with Crippen molar-refractivity contribution in [3.8, 4) is 0 Å². The molecule has 6 heteroatoms. The van der Waals surface area contributed by atoms with E-state index in [1.807, 2.05) is 0 Å². The van der Waals surface area contributed by atoms with Crippen LogP contribution in [0.1, 0.15) is 50.5 Å². The van der Waals surface area contributed by atoms with Crippen LogP contribution in [0, 0.1) is 27.7 Å². The van der Waals surface area contributed by atoms with Crippen LogP contribution >= 0.6 is 53.9 Å². The molecule has 3 N–H and O–H groups in total. The third-order valence-corrected chi connectivity index (χ3v) is 28.7. The van der Waals surface area contributed by atoms with Gasteiger partial charge in [0.15, 0.2) is 0 Å². The Bertz CT molecular complexity index is 2080. The summed E-state index contributed by atoms with van der Waals surface area (Å²) in [5.41, 5.74) is 18.2. The van der Waals surface area contributed by atoms with E-state index >= 15 is 0 Å². The van der Waals surface area contributed by atoms with E-state index in [2.05, 4.69) is 223 Å². The van der Waals surface area contributed by atoms with Gasteiger partial charge in [-0.05, 0) is 0 Å². The molecule has 280 valence electrons. The number of nitrogens with one attached hydrogen (secondary N) is 1. The zero-order chi connectivity index (χ0) is 37.9. The molecule has 0 radical (unpaired) electrons. The predicted molar refractivity (Wildman–Crippen MR) is 259 cm³/mol. The molecule has 3 atom stereocenters. The Balaban J connectivity index is 1.15. The van der Waals surface area contributed by atoms with Gasteiger partial charge < -0.3 is 0 Å². The van der Waals surface area contributed by atoms with Gasteiger partial charge in [-0.2, -0.15) is 0 Å². The van der Waals surface area contributed by atoms with Gasteiger partial charge in [-0.1, -0.05) is 0 Å². The van der Waals surface area contributed by atoms with Gasteiger partial charge in [-0.3, -0.25) is 0 Å². The molecule has 54 heavy (non-hydrogen) atoms. The molecule has 6 aromatic carbocycles. The molecular formula is C48H54I2N2P2. The number of halogens is 2. The summed E-state index contributed by atoms with van der Waals surface area (Å²) in [4.78, 5) is -4.23. The summed E-state index contributed by atoms with van der Waals surface area (Å²) in [6, 6.07) is 56.1. The minimum absolute atomic E-state index is 0.0475. The van der Waals surface area contributed by atoms with Crippen LogP contribution in [0.2, 0.25) is 0 Å². The van der Waals surface area contributed by atoms with Crippen LogP contribution < -0.4 is 32.3 Å². The molecule has 1 heterocycles. The molecule has 0 spiro atoms. The molecule has 0 amide bonds. The van der Waals surface area contributed by atoms with Crippen LogP contribution in [0.25, 0.3) is 0 Å². The van der Waals surface area contributed by atoms with E-state index < -0.39 is 9.81 Å². The van der Waals surface area contributed by atoms with E-state index in [4.69, 9.17) is 5.73 Å². The second kappa shape index (κ2) is 17.4. The Morgan fingerprint density at radius 1 is 0.574 bits per heavy atom. The number of rotatable bonds is 12. The van der Waals surface area contributed by atoms with E-state index in [9.17, 15) is 0 Å². The van der Waals surface area contributed by atoms with Crippen molar-refractivity contribution < 1.29 is 0 Å². The molecule has 0 aliphatic carbocycles. The average Bonchev–Trinajstić information content (AvgIpc) is 3.16. The Hall–Kier alpha value is -2.44. The number of hydrogen-bond acceptors (Lipinski definition) is 2. The number of aryl methyl sites for hydroxylation is 4. The molecule has 0 fully saturated rings. The fraction of sp³-hybridized carbons (Fsp3) is 0.250. The van der Waals surface area contributed by atoms with Gasteiger partial charge in [0.05, 0.1) is 0 Å². The Morgan fingerprint density at radius 3 is 1.50 bits per heavy atom. The first-order chi connectivity index (χ1) is 26.0. The zero-order valence-electron chi connectivity index (χ0n) is 32.0. The molecule has 0 saturated heterocycles. The van der Waals surface area contributed by atoms with E-state index in [-0.39, 0.29) is 12.1 Å². The first-order valence-electron chi connectivity index (χ1n) is 19.3. The molecule has 1 aliphatic heterocycles. The molecule has 6 aromatic rings. The van der Waals surface area contributed by atoms with Crippen molar-refractivity contribution in [3.05, 3.63) is 190 Å². The van der Waals surface area contributed by atoms with Crippen molar-refractivity contribution in [2.75, 3.05) is 12.3 Å². The maximum absolute atomic E-state index is 7.24. The number of fused-ring (bicyclic) bond motifs is 1. The van der Waals surface area contributed by atoms with Crippen molar-refractivity contribution in [2.45, 2.75) is 65.1 Å². The van der Waals surface area contributed by atoms with Crippen molar-refractivity contribution in [2.24, 2.45) is 5.73 Å². The Morgan fingerprint density at radius 2 is 1.00 bits per heavy atom. The monoisotopic (exact) mass is 974 g/mol. The summed E-state index contributed by atoms with van der Waals surface area (Å²) in [6.45, 7) is 8.72. The van der Waals surface area contributed by atoms with E-state index in [0.717, 1.165) is 31.6 Å². The summed E-state index contributed by atoms with van der Waals surface area (Å²) in [6.07, 6.45) is 4.99. The van der Waals surface area contributed by atoms with Crippen LogP contribution in [0.3, 0.4) is 0 Å². The van der Waals surface area contributed by atoms with Crippen LogP contribution in [-0.2, 0) is 19.3 Å². The van der Waals surface area contributed by atoms with E-state index in [1.165, 1.54) is 65.7 Å². The van der Waals surface area contributed by atoms with E-state index in [0.29, 0.717) is 6.04 Å². The molecule has 0 bridgehead atoms. The molecule has 7 rings (SSSR count). The standard InChI is InChI=1S/C48H54I2N2P2/c1-34-13-21-43(22-14-34)53(49,44-23-15-35(2)16-24-44)32-41(51)29-38-9-5-6-10-39(38)31-48-47-12-8-7-11-40(47)30-42(52-48)33-54(50,45-25-17-36(3)18-26-45)46-27-19-37(4)20-28-46/h5-28,41-42,48,52-54H,29-33,51H2,1-4H3/t41-,42-,48+/m0/s1. The molecule has 0 saturated carbocycles. The van der Waals surface area contributed by atoms with Gasteiger partial charge in [0.1, 0.15) is 0 Å². The number of hydrogen-bond donors (Lipinski definition) is 2. The number of benzene rings is 6. The minimum atomic E-state index is -2.13. The summed E-state index contributed by atoms with van der Waals surface area (Å²) >= 11 is 5.71. The third-order valence-electron chi connectivity index (χ3n) is 11.5. The van der Waals surface area contributed by atoms with Crippen molar-refractivity contribution in [3.63, 3.8) is 0 Å². The zero-order valence-corrected chi connectivity index (χ0v) is 38.3. The van der Waals surface area contributed by atoms with Gasteiger partial charge >= 0.3 is 354 Å². The van der Waals surface area contributed by atoms with Crippen LogP contribution in [0.5, 0.6) is 0 Å². The summed E-state index contributed by atoms with van der Waals surface area (Å²) in [5, 5.41) is 10.1. The first kappa shape index (κ1) is 39.8. The van der Waals surface area contributed by atoms with Crippen molar-refractivity contribution in [1.29, 1.82) is 0 Å². The molecule has 2 nitrogen and oxygen atoms in total. The average molecular weight is 975 g/mol. The van der Waals surface area contributed by atoms with Gasteiger partial charge in [-0.25, -0.2) is 0 Å². The van der Waals surface area contributed by atoms with Gasteiger partial charge in [0.25, 0.3) is 0 Å². The Labute approximate surface area is 350 Å². The normalized spacial score (nSPS) is 17.1. The van der Waals surface area contributed by atoms with Gasteiger partial charge in [-0.15, -0.1) is 0 Å². The van der Waals surface area contributed by atoms with Crippen molar-refractivity contribution in [1.82, 2.24) is 5.32 Å². The van der Waals surface area contributed by atoms with Crippen LogP contribution in [-0.4, -0.2) is 24.4 Å². The summed E-state index contributed by atoms with van der Waals surface area (Å²) in [7, 11) is 0.